The van der Waals surface area contributed by atoms with Gasteiger partial charge in [0.15, 0.2) is 5.03 Å². The highest BCUT2D eigenvalue weighted by Crippen LogP contribution is 2.41. The van der Waals surface area contributed by atoms with Crippen LogP contribution in [-0.2, 0) is 0 Å². The van der Waals surface area contributed by atoms with Crippen LogP contribution in [0.3, 0.4) is 0 Å². The van der Waals surface area contributed by atoms with E-state index in [1.54, 1.807) is 0 Å². The van der Waals surface area contributed by atoms with Gasteiger partial charge < -0.3 is 0 Å². The van der Waals surface area contributed by atoms with E-state index in [0.29, 0.717) is 15.3 Å². The molecule has 1 aromatic rings. The lowest BCUT2D eigenvalue weighted by Crippen LogP contribution is -1.94. The average molecular weight is 231 g/mol. The van der Waals surface area contributed by atoms with Gasteiger partial charge in [-0.2, -0.15) is 0 Å². The minimum atomic E-state index is -0.441. The van der Waals surface area contributed by atoms with Crippen molar-refractivity contribution >= 4 is 29.1 Å². The molecule has 0 aromatic carbocycles. The van der Waals surface area contributed by atoms with Crippen molar-refractivity contribution in [1.29, 1.82) is 0 Å². The minimum Gasteiger partial charge on any atom is -0.258 e. The topological polar surface area (TPSA) is 56.0 Å². The van der Waals surface area contributed by atoms with Gasteiger partial charge in [-0.25, -0.2) is 4.98 Å². The van der Waals surface area contributed by atoms with Crippen LogP contribution in [0.5, 0.6) is 0 Å². The first kappa shape index (κ1) is 9.73. The van der Waals surface area contributed by atoms with Gasteiger partial charge in [-0.05, 0) is 12.8 Å². The first-order chi connectivity index (χ1) is 6.66. The largest absolute Gasteiger partial charge is 0.302 e. The third kappa shape index (κ3) is 2.16. The van der Waals surface area contributed by atoms with E-state index in [2.05, 4.69) is 4.98 Å². The van der Waals surface area contributed by atoms with Crippen LogP contribution in [0.4, 0.5) is 5.69 Å². The number of nitrogens with zero attached hydrogens (tertiary/aromatic N) is 2. The van der Waals surface area contributed by atoms with E-state index in [9.17, 15) is 10.1 Å². The average Bonchev–Trinajstić information content (AvgIpc) is 2.91. The van der Waals surface area contributed by atoms with Crippen LogP contribution in [0, 0.1) is 10.1 Å². The standard InChI is InChI=1S/C8H7ClN2O2S/c9-5-3-7(11(12)13)8(10-4-5)14-6-1-2-6/h3-4,6H,1-2H2. The molecule has 0 spiro atoms. The van der Waals surface area contributed by atoms with E-state index in [0.717, 1.165) is 12.8 Å². The van der Waals surface area contributed by atoms with Crippen molar-refractivity contribution in [1.82, 2.24) is 4.98 Å². The molecule has 0 radical (unpaired) electrons. The van der Waals surface area contributed by atoms with Gasteiger partial charge in [0.1, 0.15) is 0 Å². The number of rotatable bonds is 3. The summed E-state index contributed by atoms with van der Waals surface area (Å²) in [5, 5.41) is 11.9. The van der Waals surface area contributed by atoms with Crippen molar-refractivity contribution in [2.45, 2.75) is 23.1 Å². The molecule has 0 unspecified atom stereocenters. The summed E-state index contributed by atoms with van der Waals surface area (Å²) in [6, 6.07) is 1.35. The quantitative estimate of drug-likeness (QED) is 0.592. The number of thioether (sulfide) groups is 1. The van der Waals surface area contributed by atoms with Gasteiger partial charge in [0.05, 0.1) is 9.95 Å². The zero-order chi connectivity index (χ0) is 10.1. The summed E-state index contributed by atoms with van der Waals surface area (Å²) in [6.07, 6.45) is 3.68. The highest BCUT2D eigenvalue weighted by molar-refractivity contribution is 8.00. The third-order valence-electron chi connectivity index (χ3n) is 1.80. The van der Waals surface area contributed by atoms with Crippen LogP contribution < -0.4 is 0 Å². The summed E-state index contributed by atoms with van der Waals surface area (Å²) in [5.74, 6) is 0. The van der Waals surface area contributed by atoms with E-state index in [4.69, 9.17) is 11.6 Å². The molecule has 1 aliphatic carbocycles. The van der Waals surface area contributed by atoms with Crippen LogP contribution in [0.25, 0.3) is 0 Å². The molecule has 1 saturated carbocycles. The third-order valence-corrected chi connectivity index (χ3v) is 3.35. The number of aromatic nitrogens is 1. The Balaban J connectivity index is 2.31. The van der Waals surface area contributed by atoms with Crippen LogP contribution >= 0.6 is 23.4 Å². The van der Waals surface area contributed by atoms with Gasteiger partial charge in [0, 0.05) is 17.5 Å². The van der Waals surface area contributed by atoms with Crippen molar-refractivity contribution < 1.29 is 4.92 Å². The number of nitro groups is 1. The lowest BCUT2D eigenvalue weighted by atomic mass is 10.4. The fourth-order valence-electron chi connectivity index (χ4n) is 0.981. The van der Waals surface area contributed by atoms with Crippen LogP contribution in [0.1, 0.15) is 12.8 Å². The Bertz CT molecular complexity index is 382. The summed E-state index contributed by atoms with van der Waals surface area (Å²) in [5.41, 5.74) is 0.00870. The monoisotopic (exact) mass is 230 g/mol. The molecule has 0 aliphatic heterocycles. The molecular weight excluding hydrogens is 224 g/mol. The highest BCUT2D eigenvalue weighted by Gasteiger charge is 2.27. The first-order valence-corrected chi connectivity index (χ1v) is 5.39. The summed E-state index contributed by atoms with van der Waals surface area (Å²) < 4.78 is 0. The minimum absolute atomic E-state index is 0.00870. The van der Waals surface area contributed by atoms with Crippen molar-refractivity contribution in [3.63, 3.8) is 0 Å². The Morgan fingerprint density at radius 3 is 2.93 bits per heavy atom. The van der Waals surface area contributed by atoms with Gasteiger partial charge in [-0.15, -0.1) is 0 Å². The maximum Gasteiger partial charge on any atom is 0.302 e. The number of hydrogen-bond acceptors (Lipinski definition) is 4. The SMILES string of the molecule is O=[N+]([O-])c1cc(Cl)cnc1SC1CC1. The van der Waals surface area contributed by atoms with Gasteiger partial charge in [-0.3, -0.25) is 10.1 Å². The van der Waals surface area contributed by atoms with Crippen molar-refractivity contribution in [2.24, 2.45) is 0 Å². The van der Waals surface area contributed by atoms with Gasteiger partial charge in [-0.1, -0.05) is 23.4 Å². The smallest absolute Gasteiger partial charge is 0.258 e. The molecule has 0 saturated heterocycles. The summed E-state index contributed by atoms with van der Waals surface area (Å²) in [6.45, 7) is 0. The Morgan fingerprint density at radius 2 is 2.36 bits per heavy atom. The summed E-state index contributed by atoms with van der Waals surface area (Å²) in [7, 11) is 0. The number of hydrogen-bond donors (Lipinski definition) is 0. The predicted molar refractivity (Wildman–Crippen MR) is 54.8 cm³/mol. The Kier molecular flexibility index (Phi) is 2.60. The van der Waals surface area contributed by atoms with Gasteiger partial charge in [0.2, 0.25) is 0 Å². The molecule has 1 aromatic heterocycles. The molecule has 1 heterocycles. The Morgan fingerprint density at radius 1 is 1.64 bits per heavy atom. The number of pyridine rings is 1. The molecule has 1 fully saturated rings. The second kappa shape index (κ2) is 3.74. The zero-order valence-corrected chi connectivity index (χ0v) is 8.72. The van der Waals surface area contributed by atoms with Gasteiger partial charge in [0.25, 0.3) is 0 Å². The molecule has 0 N–H and O–H groups in total. The predicted octanol–water partition coefficient (Wildman–Crippen LogP) is 2.90. The lowest BCUT2D eigenvalue weighted by molar-refractivity contribution is -0.388. The fraction of sp³-hybridized carbons (Fsp3) is 0.375. The van der Waals surface area contributed by atoms with Crippen LogP contribution in [-0.4, -0.2) is 15.2 Å². The zero-order valence-electron chi connectivity index (χ0n) is 7.14. The van der Waals surface area contributed by atoms with E-state index < -0.39 is 4.92 Å². The maximum absolute atomic E-state index is 10.7. The van der Waals surface area contributed by atoms with Crippen LogP contribution in [0.2, 0.25) is 5.02 Å². The molecule has 0 atom stereocenters. The van der Waals surface area contributed by atoms with Crippen molar-refractivity contribution in [3.05, 3.63) is 27.4 Å². The second-order valence-electron chi connectivity index (χ2n) is 3.05. The number of halogens is 1. The fourth-order valence-corrected chi connectivity index (χ4v) is 2.19. The van der Waals surface area contributed by atoms with Gasteiger partial charge >= 0.3 is 5.69 Å². The molecule has 14 heavy (non-hydrogen) atoms. The lowest BCUT2D eigenvalue weighted by Gasteiger charge is -2.00. The van der Waals surface area contributed by atoms with E-state index >= 15 is 0 Å². The molecular formula is C8H7ClN2O2S. The summed E-state index contributed by atoms with van der Waals surface area (Å²) in [4.78, 5) is 14.2. The van der Waals surface area contributed by atoms with E-state index in [-0.39, 0.29) is 5.69 Å². The molecule has 74 valence electrons. The van der Waals surface area contributed by atoms with Crippen LogP contribution in [0.15, 0.2) is 17.3 Å². The maximum atomic E-state index is 10.7. The Hall–Kier alpha value is -0.810. The first-order valence-electron chi connectivity index (χ1n) is 4.13. The van der Waals surface area contributed by atoms with E-state index in [1.807, 2.05) is 0 Å². The summed E-state index contributed by atoms with van der Waals surface area (Å²) >= 11 is 7.10. The Labute approximate surface area is 89.8 Å². The molecule has 2 rings (SSSR count). The van der Waals surface area contributed by atoms with Crippen molar-refractivity contribution in [3.8, 4) is 0 Å². The molecule has 4 nitrogen and oxygen atoms in total. The molecule has 6 heteroatoms. The second-order valence-corrected chi connectivity index (χ2v) is 4.78. The van der Waals surface area contributed by atoms with E-state index in [1.165, 1.54) is 24.0 Å². The molecule has 0 bridgehead atoms. The highest BCUT2D eigenvalue weighted by atomic mass is 35.5. The molecule has 0 amide bonds. The molecule has 1 aliphatic rings. The normalized spacial score (nSPS) is 15.5. The van der Waals surface area contributed by atoms with Crippen molar-refractivity contribution in [2.75, 3.05) is 0 Å².